The maximum atomic E-state index is 12.3. The number of benzene rings is 1. The average Bonchev–Trinajstić information content (AvgIpc) is 2.57. The van der Waals surface area contributed by atoms with Crippen LogP contribution in [0.25, 0.3) is 0 Å². The third-order valence-electron chi connectivity index (χ3n) is 4.17. The number of halogens is 2. The second kappa shape index (κ2) is 7.86. The normalized spacial score (nSPS) is 15.1. The molecule has 1 saturated carbocycles. The number of aromatic nitrogens is 1. The van der Waals surface area contributed by atoms with Gasteiger partial charge in [0, 0.05) is 6.04 Å². The Hall–Kier alpha value is -1.78. The van der Waals surface area contributed by atoms with Crippen LogP contribution < -0.4 is 10.6 Å². The number of nitrogens with zero attached hydrogens (tertiary/aromatic N) is 1. The minimum absolute atomic E-state index is 0.269. The van der Waals surface area contributed by atoms with Gasteiger partial charge in [0.25, 0.3) is 5.91 Å². The molecule has 0 radical (unpaired) electrons. The van der Waals surface area contributed by atoms with E-state index in [-0.39, 0.29) is 11.5 Å². The van der Waals surface area contributed by atoms with Crippen molar-refractivity contribution in [2.75, 3.05) is 10.6 Å². The summed E-state index contributed by atoms with van der Waals surface area (Å²) in [7, 11) is 0. The number of hydrogen-bond donors (Lipinski definition) is 2. The number of anilines is 2. The van der Waals surface area contributed by atoms with E-state index in [1.54, 1.807) is 24.4 Å². The molecule has 3 rings (SSSR count). The topological polar surface area (TPSA) is 54.0 Å². The van der Waals surface area contributed by atoms with E-state index in [1.165, 1.54) is 32.1 Å². The maximum Gasteiger partial charge on any atom is 0.258 e. The second-order valence-electron chi connectivity index (χ2n) is 5.96. The van der Waals surface area contributed by atoms with Crippen LogP contribution in [0.5, 0.6) is 0 Å². The molecule has 6 heteroatoms. The number of pyridine rings is 1. The van der Waals surface area contributed by atoms with E-state index in [0.717, 1.165) is 5.82 Å². The lowest BCUT2D eigenvalue weighted by Gasteiger charge is -2.23. The molecule has 2 N–H and O–H groups in total. The van der Waals surface area contributed by atoms with Crippen LogP contribution in [-0.2, 0) is 0 Å². The monoisotopic (exact) mass is 363 g/mol. The number of amides is 1. The predicted molar refractivity (Wildman–Crippen MR) is 99.1 cm³/mol. The highest BCUT2D eigenvalue weighted by Crippen LogP contribution is 2.25. The molecule has 126 valence electrons. The Morgan fingerprint density at radius 3 is 2.38 bits per heavy atom. The molecule has 0 atom stereocenters. The van der Waals surface area contributed by atoms with Crippen molar-refractivity contribution in [2.45, 2.75) is 38.1 Å². The van der Waals surface area contributed by atoms with Gasteiger partial charge in [0.2, 0.25) is 0 Å². The molecule has 1 aromatic heterocycles. The SMILES string of the molecule is O=C(Nc1ccc(NC2CCCCC2)nc1)c1c(Cl)cccc1Cl. The van der Waals surface area contributed by atoms with Gasteiger partial charge in [-0.2, -0.15) is 0 Å². The molecule has 0 unspecified atom stereocenters. The number of carbonyl (C=O) groups excluding carboxylic acids is 1. The standard InChI is InChI=1S/C18H19Cl2N3O/c19-14-7-4-8-15(20)17(14)18(24)23-13-9-10-16(21-11-13)22-12-5-2-1-3-6-12/h4,7-12H,1-3,5-6H2,(H,21,22)(H,23,24). The Labute approximate surface area is 151 Å². The van der Waals surface area contributed by atoms with Gasteiger partial charge in [0.05, 0.1) is 27.5 Å². The highest BCUT2D eigenvalue weighted by molar-refractivity contribution is 6.40. The molecule has 1 fully saturated rings. The molecular weight excluding hydrogens is 345 g/mol. The van der Waals surface area contributed by atoms with Gasteiger partial charge in [0.15, 0.2) is 0 Å². The smallest absolute Gasteiger partial charge is 0.258 e. The van der Waals surface area contributed by atoms with E-state index >= 15 is 0 Å². The Morgan fingerprint density at radius 1 is 1.04 bits per heavy atom. The van der Waals surface area contributed by atoms with E-state index in [4.69, 9.17) is 23.2 Å². The summed E-state index contributed by atoms with van der Waals surface area (Å²) in [5, 5.41) is 6.86. The van der Waals surface area contributed by atoms with Gasteiger partial charge >= 0.3 is 0 Å². The summed E-state index contributed by atoms with van der Waals surface area (Å²) in [5.74, 6) is 0.482. The number of rotatable bonds is 4. The van der Waals surface area contributed by atoms with Crippen molar-refractivity contribution in [3.63, 3.8) is 0 Å². The van der Waals surface area contributed by atoms with E-state index in [1.807, 2.05) is 12.1 Å². The fraction of sp³-hybridized carbons (Fsp3) is 0.333. The van der Waals surface area contributed by atoms with Crippen LogP contribution in [0.15, 0.2) is 36.5 Å². The summed E-state index contributed by atoms with van der Waals surface area (Å²) in [6, 6.07) is 9.16. The summed E-state index contributed by atoms with van der Waals surface area (Å²) in [4.78, 5) is 16.7. The Kier molecular flexibility index (Phi) is 5.59. The first-order valence-electron chi connectivity index (χ1n) is 8.11. The predicted octanol–water partition coefficient (Wildman–Crippen LogP) is 5.39. The van der Waals surface area contributed by atoms with Gasteiger partial charge in [-0.05, 0) is 37.1 Å². The second-order valence-corrected chi connectivity index (χ2v) is 6.78. The van der Waals surface area contributed by atoms with E-state index in [9.17, 15) is 4.79 Å². The third kappa shape index (κ3) is 4.19. The molecule has 1 aliphatic rings. The van der Waals surface area contributed by atoms with Crippen LogP contribution in [0, 0.1) is 0 Å². The third-order valence-corrected chi connectivity index (χ3v) is 4.80. The Morgan fingerprint density at radius 2 is 1.75 bits per heavy atom. The van der Waals surface area contributed by atoms with Crippen molar-refractivity contribution in [3.05, 3.63) is 52.1 Å². The van der Waals surface area contributed by atoms with E-state index in [0.29, 0.717) is 21.8 Å². The Bertz CT molecular complexity index is 692. The molecule has 4 nitrogen and oxygen atoms in total. The largest absolute Gasteiger partial charge is 0.367 e. The van der Waals surface area contributed by atoms with E-state index in [2.05, 4.69) is 15.6 Å². The van der Waals surface area contributed by atoms with Crippen molar-refractivity contribution in [1.29, 1.82) is 0 Å². The van der Waals surface area contributed by atoms with E-state index < -0.39 is 0 Å². The van der Waals surface area contributed by atoms with Crippen molar-refractivity contribution in [2.24, 2.45) is 0 Å². The van der Waals surface area contributed by atoms with Crippen LogP contribution in [0.2, 0.25) is 10.0 Å². The fourth-order valence-corrected chi connectivity index (χ4v) is 3.49. The lowest BCUT2D eigenvalue weighted by atomic mass is 9.95. The van der Waals surface area contributed by atoms with Gasteiger partial charge in [-0.1, -0.05) is 48.5 Å². The van der Waals surface area contributed by atoms with Gasteiger partial charge in [-0.3, -0.25) is 4.79 Å². The molecule has 0 spiro atoms. The molecule has 1 heterocycles. The fourth-order valence-electron chi connectivity index (χ4n) is 2.92. The van der Waals surface area contributed by atoms with Gasteiger partial charge in [-0.15, -0.1) is 0 Å². The first kappa shape index (κ1) is 17.1. The number of carbonyl (C=O) groups is 1. The van der Waals surface area contributed by atoms with Crippen molar-refractivity contribution < 1.29 is 4.79 Å². The molecule has 0 bridgehead atoms. The molecular formula is C18H19Cl2N3O. The lowest BCUT2D eigenvalue weighted by Crippen LogP contribution is -2.22. The summed E-state index contributed by atoms with van der Waals surface area (Å²) in [6.45, 7) is 0. The number of nitrogens with one attached hydrogen (secondary N) is 2. The molecule has 1 aliphatic carbocycles. The van der Waals surface area contributed by atoms with Gasteiger partial charge < -0.3 is 10.6 Å². The molecule has 1 aromatic carbocycles. The summed E-state index contributed by atoms with van der Waals surface area (Å²) < 4.78 is 0. The molecule has 2 aromatic rings. The molecule has 24 heavy (non-hydrogen) atoms. The summed E-state index contributed by atoms with van der Waals surface area (Å²) in [6.07, 6.45) is 7.86. The van der Waals surface area contributed by atoms with Crippen molar-refractivity contribution >= 4 is 40.6 Å². The summed E-state index contributed by atoms with van der Waals surface area (Å²) in [5.41, 5.74) is 0.871. The van der Waals surface area contributed by atoms with Crippen LogP contribution in [0.3, 0.4) is 0 Å². The zero-order valence-electron chi connectivity index (χ0n) is 13.2. The van der Waals surface area contributed by atoms with Crippen LogP contribution in [-0.4, -0.2) is 16.9 Å². The quantitative estimate of drug-likeness (QED) is 0.765. The highest BCUT2D eigenvalue weighted by atomic mass is 35.5. The first-order valence-corrected chi connectivity index (χ1v) is 8.87. The minimum Gasteiger partial charge on any atom is -0.367 e. The van der Waals surface area contributed by atoms with Gasteiger partial charge in [0.1, 0.15) is 5.82 Å². The first-order chi connectivity index (χ1) is 11.6. The average molecular weight is 364 g/mol. The molecule has 1 amide bonds. The molecule has 0 saturated heterocycles. The Balaban J connectivity index is 1.64. The zero-order chi connectivity index (χ0) is 16.9. The van der Waals surface area contributed by atoms with Crippen LogP contribution >= 0.6 is 23.2 Å². The molecule has 0 aliphatic heterocycles. The highest BCUT2D eigenvalue weighted by Gasteiger charge is 2.16. The van der Waals surface area contributed by atoms with Crippen molar-refractivity contribution in [3.8, 4) is 0 Å². The number of hydrogen-bond acceptors (Lipinski definition) is 3. The van der Waals surface area contributed by atoms with Crippen LogP contribution in [0.4, 0.5) is 11.5 Å². The van der Waals surface area contributed by atoms with Crippen molar-refractivity contribution in [1.82, 2.24) is 4.98 Å². The lowest BCUT2D eigenvalue weighted by molar-refractivity contribution is 0.102. The van der Waals surface area contributed by atoms with Gasteiger partial charge in [-0.25, -0.2) is 4.98 Å². The van der Waals surface area contributed by atoms with Crippen LogP contribution in [0.1, 0.15) is 42.5 Å². The zero-order valence-corrected chi connectivity index (χ0v) is 14.7. The minimum atomic E-state index is -0.347. The summed E-state index contributed by atoms with van der Waals surface area (Å²) >= 11 is 12.1. The maximum absolute atomic E-state index is 12.3.